The van der Waals surface area contributed by atoms with Gasteiger partial charge in [0.1, 0.15) is 23.6 Å². The molecule has 1 N–H and O–H groups in total. The van der Waals surface area contributed by atoms with Crippen molar-refractivity contribution in [3.8, 4) is 23.8 Å². The Kier molecular flexibility index (Phi) is 6.82. The van der Waals surface area contributed by atoms with Crippen LogP contribution in [0.1, 0.15) is 12.5 Å². The lowest BCUT2D eigenvalue weighted by molar-refractivity contribution is -0.127. The summed E-state index contributed by atoms with van der Waals surface area (Å²) in [5.74, 6) is 3.17. The number of nitrogens with zero attached hydrogens (tertiary/aromatic N) is 2. The molecule has 0 radical (unpaired) electrons. The number of ether oxygens (including phenoxy) is 2. The number of rotatable bonds is 7. The van der Waals surface area contributed by atoms with Crippen LogP contribution in [-0.4, -0.2) is 29.8 Å². The number of fused-ring (bicyclic) bond motifs is 1. The molecule has 0 aliphatic rings. The van der Waals surface area contributed by atoms with Gasteiger partial charge in [-0.2, -0.15) is 5.10 Å². The summed E-state index contributed by atoms with van der Waals surface area (Å²) in [5.41, 5.74) is 3.91. The number of nitrogens with one attached hydrogen (secondary N) is 1. The number of pyridine rings is 1. The molecule has 0 aliphatic heterocycles. The van der Waals surface area contributed by atoms with Crippen LogP contribution in [0, 0.1) is 12.3 Å². The molecule has 1 atom stereocenters. The Morgan fingerprint density at radius 2 is 2.17 bits per heavy atom. The molecule has 0 saturated carbocycles. The molecule has 7 heteroatoms. The Morgan fingerprint density at radius 3 is 3.00 bits per heavy atom. The maximum Gasteiger partial charge on any atom is 0.280 e. The Labute approximate surface area is 177 Å². The zero-order chi connectivity index (χ0) is 20.6. The number of carbonyl (C=O) groups is 1. The van der Waals surface area contributed by atoms with Crippen LogP contribution in [0.15, 0.2) is 64.3 Å². The summed E-state index contributed by atoms with van der Waals surface area (Å²) in [4.78, 5) is 16.7. The standard InChI is InChI=1S/C22H18BrN3O3/c1-3-12-28-18-9-10-19(23)17(13-18)14-25-26-22(27)15(2)29-20-8-4-6-16-7-5-11-24-21(16)20/h1,4-11,13-15H,12H2,2H3,(H,26,27). The summed E-state index contributed by atoms with van der Waals surface area (Å²) in [6, 6.07) is 14.7. The highest BCUT2D eigenvalue weighted by Crippen LogP contribution is 2.24. The lowest BCUT2D eigenvalue weighted by atomic mass is 10.2. The van der Waals surface area contributed by atoms with E-state index in [2.05, 4.69) is 37.4 Å². The van der Waals surface area contributed by atoms with Gasteiger partial charge in [-0.25, -0.2) is 5.43 Å². The fraction of sp³-hybridized carbons (Fsp3) is 0.136. The molecule has 0 spiro atoms. The third-order valence-electron chi connectivity index (χ3n) is 3.94. The summed E-state index contributed by atoms with van der Waals surface area (Å²) >= 11 is 3.43. The van der Waals surface area contributed by atoms with E-state index >= 15 is 0 Å². The first kappa shape index (κ1) is 20.4. The molecular weight excluding hydrogens is 434 g/mol. The molecule has 1 aromatic heterocycles. The van der Waals surface area contributed by atoms with Crippen molar-refractivity contribution in [2.75, 3.05) is 6.61 Å². The van der Waals surface area contributed by atoms with Gasteiger partial charge in [-0.1, -0.05) is 40.0 Å². The second-order valence-corrected chi connectivity index (χ2v) is 6.86. The summed E-state index contributed by atoms with van der Waals surface area (Å²) in [6.07, 6.45) is 7.64. The van der Waals surface area contributed by atoms with Gasteiger partial charge >= 0.3 is 0 Å². The normalized spacial score (nSPS) is 11.8. The predicted octanol–water partition coefficient (Wildman–Crippen LogP) is 3.93. The number of amides is 1. The minimum atomic E-state index is -0.756. The molecule has 2 aromatic carbocycles. The van der Waals surface area contributed by atoms with Crippen molar-refractivity contribution in [2.24, 2.45) is 5.10 Å². The molecular formula is C22H18BrN3O3. The van der Waals surface area contributed by atoms with Crippen LogP contribution in [-0.2, 0) is 4.79 Å². The number of halogens is 1. The van der Waals surface area contributed by atoms with Crippen molar-refractivity contribution in [3.05, 3.63) is 64.8 Å². The molecule has 3 rings (SSSR count). The number of hydrazone groups is 1. The Morgan fingerprint density at radius 1 is 1.34 bits per heavy atom. The highest BCUT2D eigenvalue weighted by Gasteiger charge is 2.15. The average Bonchev–Trinajstić information content (AvgIpc) is 2.74. The summed E-state index contributed by atoms with van der Waals surface area (Å²) in [6.45, 7) is 1.82. The summed E-state index contributed by atoms with van der Waals surface area (Å²) in [5, 5.41) is 4.94. The van der Waals surface area contributed by atoms with E-state index in [4.69, 9.17) is 15.9 Å². The van der Waals surface area contributed by atoms with Crippen molar-refractivity contribution in [1.82, 2.24) is 10.4 Å². The molecule has 1 amide bonds. The van der Waals surface area contributed by atoms with E-state index in [0.717, 1.165) is 15.4 Å². The number of para-hydroxylation sites is 1. The molecule has 1 heterocycles. The lowest BCUT2D eigenvalue weighted by Crippen LogP contribution is -2.33. The first-order chi connectivity index (χ1) is 14.1. The van der Waals surface area contributed by atoms with Crippen LogP contribution < -0.4 is 14.9 Å². The van der Waals surface area contributed by atoms with E-state index in [9.17, 15) is 4.79 Å². The quantitative estimate of drug-likeness (QED) is 0.335. The van der Waals surface area contributed by atoms with Crippen LogP contribution >= 0.6 is 15.9 Å². The molecule has 0 bridgehead atoms. The van der Waals surface area contributed by atoms with Crippen molar-refractivity contribution >= 4 is 39.0 Å². The largest absolute Gasteiger partial charge is 0.481 e. The monoisotopic (exact) mass is 451 g/mol. The van der Waals surface area contributed by atoms with Gasteiger partial charge in [0.2, 0.25) is 0 Å². The second-order valence-electron chi connectivity index (χ2n) is 6.00. The van der Waals surface area contributed by atoms with Crippen molar-refractivity contribution in [1.29, 1.82) is 0 Å². The minimum absolute atomic E-state index is 0.173. The van der Waals surface area contributed by atoms with Crippen molar-refractivity contribution in [3.63, 3.8) is 0 Å². The van der Waals surface area contributed by atoms with Gasteiger partial charge in [-0.15, -0.1) is 6.42 Å². The van der Waals surface area contributed by atoms with E-state index in [0.29, 0.717) is 17.0 Å². The Hall–Kier alpha value is -3.37. The molecule has 0 fully saturated rings. The molecule has 6 nitrogen and oxygen atoms in total. The number of carbonyl (C=O) groups excluding carboxylic acids is 1. The van der Waals surface area contributed by atoms with E-state index in [1.165, 1.54) is 6.21 Å². The van der Waals surface area contributed by atoms with Crippen LogP contribution in [0.3, 0.4) is 0 Å². The maximum atomic E-state index is 12.3. The van der Waals surface area contributed by atoms with Gasteiger partial charge in [-0.05, 0) is 37.3 Å². The van der Waals surface area contributed by atoms with Gasteiger partial charge < -0.3 is 9.47 Å². The zero-order valence-corrected chi connectivity index (χ0v) is 17.2. The van der Waals surface area contributed by atoms with Crippen LogP contribution in [0.5, 0.6) is 11.5 Å². The van der Waals surface area contributed by atoms with Crippen molar-refractivity contribution < 1.29 is 14.3 Å². The number of terminal acetylenes is 1. The molecule has 146 valence electrons. The first-order valence-electron chi connectivity index (χ1n) is 8.77. The molecule has 3 aromatic rings. The smallest absolute Gasteiger partial charge is 0.280 e. The molecule has 1 unspecified atom stereocenters. The fourth-order valence-electron chi connectivity index (χ4n) is 2.51. The molecule has 29 heavy (non-hydrogen) atoms. The van der Waals surface area contributed by atoms with Gasteiger partial charge in [-0.3, -0.25) is 9.78 Å². The Bertz CT molecular complexity index is 1090. The van der Waals surface area contributed by atoms with Crippen LogP contribution in [0.25, 0.3) is 10.9 Å². The number of benzene rings is 2. The number of aromatic nitrogens is 1. The maximum absolute atomic E-state index is 12.3. The van der Waals surface area contributed by atoms with Crippen LogP contribution in [0.4, 0.5) is 0 Å². The van der Waals surface area contributed by atoms with E-state index in [-0.39, 0.29) is 12.5 Å². The fourth-order valence-corrected chi connectivity index (χ4v) is 2.86. The average molecular weight is 452 g/mol. The van der Waals surface area contributed by atoms with Gasteiger partial charge in [0.15, 0.2) is 6.10 Å². The lowest BCUT2D eigenvalue weighted by Gasteiger charge is -2.14. The van der Waals surface area contributed by atoms with Crippen LogP contribution in [0.2, 0.25) is 0 Å². The first-order valence-corrected chi connectivity index (χ1v) is 9.57. The third-order valence-corrected chi connectivity index (χ3v) is 4.66. The molecule has 0 aliphatic carbocycles. The minimum Gasteiger partial charge on any atom is -0.481 e. The highest BCUT2D eigenvalue weighted by atomic mass is 79.9. The van der Waals surface area contributed by atoms with Gasteiger partial charge in [0, 0.05) is 21.6 Å². The summed E-state index contributed by atoms with van der Waals surface area (Å²) in [7, 11) is 0. The van der Waals surface area contributed by atoms with Crippen molar-refractivity contribution in [2.45, 2.75) is 13.0 Å². The number of hydrogen-bond acceptors (Lipinski definition) is 5. The third kappa shape index (κ3) is 5.33. The Balaban J connectivity index is 1.64. The van der Waals surface area contributed by atoms with E-state index in [1.807, 2.05) is 30.3 Å². The second kappa shape index (κ2) is 9.71. The molecule has 0 saturated heterocycles. The summed E-state index contributed by atoms with van der Waals surface area (Å²) < 4.78 is 12.0. The zero-order valence-electron chi connectivity index (χ0n) is 15.6. The topological polar surface area (TPSA) is 72.8 Å². The van der Waals surface area contributed by atoms with E-state index < -0.39 is 6.10 Å². The van der Waals surface area contributed by atoms with Gasteiger partial charge in [0.05, 0.1) is 6.21 Å². The van der Waals surface area contributed by atoms with E-state index in [1.54, 1.807) is 31.3 Å². The predicted molar refractivity (Wildman–Crippen MR) is 116 cm³/mol. The SMILES string of the molecule is C#CCOc1ccc(Br)c(C=NNC(=O)C(C)Oc2cccc3cccnc23)c1. The number of hydrogen-bond donors (Lipinski definition) is 1. The highest BCUT2D eigenvalue weighted by molar-refractivity contribution is 9.10. The van der Waals surface area contributed by atoms with Gasteiger partial charge in [0.25, 0.3) is 5.91 Å².